The van der Waals surface area contributed by atoms with Crippen LogP contribution in [0.4, 0.5) is 0 Å². The van der Waals surface area contributed by atoms with Gasteiger partial charge in [-0.1, -0.05) is 6.92 Å². The van der Waals surface area contributed by atoms with E-state index in [0.717, 1.165) is 57.8 Å². The van der Waals surface area contributed by atoms with Crippen LogP contribution in [0, 0.1) is 5.92 Å². The lowest BCUT2D eigenvalue weighted by atomic mass is 9.99. The quantitative estimate of drug-likeness (QED) is 0.258. The highest BCUT2D eigenvalue weighted by molar-refractivity contribution is 7.89. The molecule has 0 aromatic heterocycles. The molecule has 0 saturated carbocycles. The molecule has 2 heterocycles. The van der Waals surface area contributed by atoms with Gasteiger partial charge in [-0.05, 0) is 71.0 Å². The van der Waals surface area contributed by atoms with E-state index in [0.29, 0.717) is 19.0 Å². The number of sulfonamides is 1. The van der Waals surface area contributed by atoms with Crippen molar-refractivity contribution < 1.29 is 13.2 Å². The van der Waals surface area contributed by atoms with E-state index in [1.807, 2.05) is 6.92 Å². The lowest BCUT2D eigenvalue weighted by molar-refractivity contribution is 0.0200. The smallest absolute Gasteiger partial charge is 0.213 e. The zero-order valence-electron chi connectivity index (χ0n) is 18.3. The van der Waals surface area contributed by atoms with Gasteiger partial charge in [0.2, 0.25) is 10.0 Å². The minimum atomic E-state index is -3.32. The molecule has 9 heteroatoms. The average Bonchev–Trinajstić information content (AvgIpc) is 2.72. The molecule has 3 N–H and O–H groups in total. The summed E-state index contributed by atoms with van der Waals surface area (Å²) in [7, 11) is -3.32. The van der Waals surface area contributed by atoms with Crippen LogP contribution in [0.25, 0.3) is 0 Å². The number of nitrogens with one attached hydrogen (secondary N) is 3. The highest BCUT2D eigenvalue weighted by atomic mass is 32.2. The first-order chi connectivity index (χ1) is 14.0. The molecule has 2 aliphatic heterocycles. The monoisotopic (exact) mass is 431 g/mol. The molecule has 2 rings (SSSR count). The van der Waals surface area contributed by atoms with Crippen molar-refractivity contribution in [1.82, 2.24) is 20.3 Å². The van der Waals surface area contributed by atoms with Gasteiger partial charge < -0.3 is 20.3 Å². The predicted octanol–water partition coefficient (Wildman–Crippen LogP) is 1.15. The van der Waals surface area contributed by atoms with E-state index >= 15 is 0 Å². The fourth-order valence-corrected chi connectivity index (χ4v) is 4.63. The number of hydrogen-bond acceptors (Lipinski definition) is 5. The highest BCUT2D eigenvalue weighted by Gasteiger charge is 2.18. The number of likely N-dealkylation sites (tertiary alicyclic amines) is 1. The van der Waals surface area contributed by atoms with Crippen LogP contribution in [0.3, 0.4) is 0 Å². The third kappa shape index (κ3) is 10.6. The molecule has 2 saturated heterocycles. The number of hydrogen-bond donors (Lipinski definition) is 3. The minimum Gasteiger partial charge on any atom is -0.377 e. The van der Waals surface area contributed by atoms with Crippen molar-refractivity contribution >= 4 is 16.0 Å². The largest absolute Gasteiger partial charge is 0.377 e. The zero-order valence-corrected chi connectivity index (χ0v) is 19.1. The third-order valence-corrected chi connectivity index (χ3v) is 6.94. The molecule has 0 spiro atoms. The molecule has 1 atom stereocenters. The fraction of sp³-hybridized carbons (Fsp3) is 0.950. The van der Waals surface area contributed by atoms with Crippen molar-refractivity contribution in [3.05, 3.63) is 0 Å². The summed E-state index contributed by atoms with van der Waals surface area (Å²) >= 11 is 0. The Kier molecular flexibility index (Phi) is 11.3. The van der Waals surface area contributed by atoms with Gasteiger partial charge in [-0.25, -0.2) is 13.1 Å². The number of aliphatic imine (C=N–C) groups is 1. The van der Waals surface area contributed by atoms with Gasteiger partial charge in [0.15, 0.2) is 5.96 Å². The summed E-state index contributed by atoms with van der Waals surface area (Å²) in [6.45, 7) is 10.7. The molecule has 0 aromatic rings. The second-order valence-corrected chi connectivity index (χ2v) is 10.1. The highest BCUT2D eigenvalue weighted by Crippen LogP contribution is 2.15. The first kappa shape index (κ1) is 24.4. The molecule has 29 heavy (non-hydrogen) atoms. The Morgan fingerprint density at radius 1 is 1.17 bits per heavy atom. The van der Waals surface area contributed by atoms with E-state index < -0.39 is 10.0 Å². The molecule has 1 unspecified atom stereocenters. The summed E-state index contributed by atoms with van der Waals surface area (Å²) in [5, 5.41) is 6.32. The van der Waals surface area contributed by atoms with Crippen molar-refractivity contribution in [2.24, 2.45) is 10.9 Å². The normalized spacial score (nSPS) is 22.6. The van der Waals surface area contributed by atoms with Gasteiger partial charge in [-0.2, -0.15) is 0 Å². The Morgan fingerprint density at radius 2 is 1.97 bits per heavy atom. The molecule has 8 nitrogen and oxygen atoms in total. The Morgan fingerprint density at radius 3 is 2.66 bits per heavy atom. The van der Waals surface area contributed by atoms with Crippen LogP contribution < -0.4 is 15.4 Å². The van der Waals surface area contributed by atoms with E-state index in [9.17, 15) is 8.42 Å². The summed E-state index contributed by atoms with van der Waals surface area (Å²) in [5.41, 5.74) is 0. The predicted molar refractivity (Wildman–Crippen MR) is 119 cm³/mol. The van der Waals surface area contributed by atoms with E-state index in [4.69, 9.17) is 4.74 Å². The van der Waals surface area contributed by atoms with E-state index in [2.05, 4.69) is 32.2 Å². The fourth-order valence-electron chi connectivity index (χ4n) is 3.68. The van der Waals surface area contributed by atoms with Crippen LogP contribution in [0.2, 0.25) is 0 Å². The first-order valence-corrected chi connectivity index (χ1v) is 13.0. The van der Waals surface area contributed by atoms with Gasteiger partial charge in [-0.3, -0.25) is 4.99 Å². The van der Waals surface area contributed by atoms with Crippen LogP contribution in [0.15, 0.2) is 4.99 Å². The number of nitrogens with zero attached hydrogens (tertiary/aromatic N) is 2. The number of rotatable bonds is 11. The van der Waals surface area contributed by atoms with Gasteiger partial charge in [0.05, 0.1) is 11.9 Å². The standard InChI is InChI=1S/C20H41N5O3S/c1-3-21-20(22-10-6-12-25-13-8-18(2)9-14-25)23-11-16-29(26,27)24-17-19-7-4-5-15-28-19/h18-19,24H,3-17H2,1-2H3,(H2,21,22,23). The van der Waals surface area contributed by atoms with Crippen molar-refractivity contribution in [3.8, 4) is 0 Å². The molecule has 170 valence electrons. The van der Waals surface area contributed by atoms with Crippen molar-refractivity contribution in [2.45, 2.75) is 58.5 Å². The summed E-state index contributed by atoms with van der Waals surface area (Å²) in [6.07, 6.45) is 6.71. The molecule has 0 amide bonds. The van der Waals surface area contributed by atoms with Crippen LogP contribution in [0.1, 0.15) is 52.4 Å². The maximum absolute atomic E-state index is 12.2. The number of guanidine groups is 1. The van der Waals surface area contributed by atoms with Crippen molar-refractivity contribution in [2.75, 3.05) is 58.2 Å². The topological polar surface area (TPSA) is 95.1 Å². The van der Waals surface area contributed by atoms with Crippen molar-refractivity contribution in [1.29, 1.82) is 0 Å². The van der Waals surface area contributed by atoms with E-state index in [-0.39, 0.29) is 11.9 Å². The van der Waals surface area contributed by atoms with E-state index in [1.165, 1.54) is 25.9 Å². The zero-order chi connectivity index (χ0) is 21.0. The summed E-state index contributed by atoms with van der Waals surface area (Å²) in [4.78, 5) is 7.10. The molecule has 0 bridgehead atoms. The summed E-state index contributed by atoms with van der Waals surface area (Å²) in [5.74, 6) is 1.57. The summed E-state index contributed by atoms with van der Waals surface area (Å²) in [6, 6.07) is 0. The Bertz CT molecular complexity index is 571. The van der Waals surface area contributed by atoms with Gasteiger partial charge in [0.1, 0.15) is 0 Å². The molecular formula is C20H41N5O3S. The second-order valence-electron chi connectivity index (χ2n) is 8.22. The lowest BCUT2D eigenvalue weighted by Gasteiger charge is -2.29. The first-order valence-electron chi connectivity index (χ1n) is 11.3. The Balaban J connectivity index is 1.63. The number of ether oxygens (including phenoxy) is 1. The average molecular weight is 432 g/mol. The van der Waals surface area contributed by atoms with Gasteiger partial charge in [0, 0.05) is 32.8 Å². The third-order valence-electron chi connectivity index (χ3n) is 5.59. The van der Waals surface area contributed by atoms with Crippen LogP contribution in [0.5, 0.6) is 0 Å². The molecule has 2 aliphatic rings. The molecule has 0 aromatic carbocycles. The van der Waals surface area contributed by atoms with Crippen LogP contribution >= 0.6 is 0 Å². The number of piperidine rings is 1. The Hall–Kier alpha value is -0.900. The van der Waals surface area contributed by atoms with Gasteiger partial charge in [0.25, 0.3) is 0 Å². The molecule has 0 radical (unpaired) electrons. The van der Waals surface area contributed by atoms with Crippen LogP contribution in [-0.4, -0.2) is 83.6 Å². The molecule has 2 fully saturated rings. The Labute approximate surface area is 177 Å². The van der Waals surface area contributed by atoms with Gasteiger partial charge in [-0.15, -0.1) is 0 Å². The van der Waals surface area contributed by atoms with Gasteiger partial charge >= 0.3 is 0 Å². The van der Waals surface area contributed by atoms with Crippen LogP contribution in [-0.2, 0) is 14.8 Å². The second kappa shape index (κ2) is 13.4. The van der Waals surface area contributed by atoms with Crippen molar-refractivity contribution in [3.63, 3.8) is 0 Å². The maximum Gasteiger partial charge on any atom is 0.213 e. The van der Waals surface area contributed by atoms with E-state index in [1.54, 1.807) is 0 Å². The maximum atomic E-state index is 12.2. The lowest BCUT2D eigenvalue weighted by Crippen LogP contribution is -2.42. The minimum absolute atomic E-state index is 0.00785. The molecule has 0 aliphatic carbocycles. The summed E-state index contributed by atoms with van der Waals surface area (Å²) < 4.78 is 32.6. The SMILES string of the molecule is CCNC(=NCCCN1CCC(C)CC1)NCCS(=O)(=O)NCC1CCCCO1. The molecular weight excluding hydrogens is 390 g/mol.